The number of ether oxygens (including phenoxy) is 1. The van der Waals surface area contributed by atoms with Gasteiger partial charge in [0.05, 0.1) is 13.0 Å². The van der Waals surface area contributed by atoms with Gasteiger partial charge in [-0.05, 0) is 17.9 Å². The molecule has 1 saturated carbocycles. The maximum Gasteiger partial charge on any atom is 0.308 e. The highest BCUT2D eigenvalue weighted by atomic mass is 16.5. The normalized spacial score (nSPS) is 27.0. The number of carbonyl (C=O) groups excluding carboxylic acids is 1. The van der Waals surface area contributed by atoms with Crippen LogP contribution in [-0.2, 0) is 9.53 Å². The monoisotopic (exact) mass is 155 g/mol. The molecular formula is C6H9N3O2. The lowest BCUT2D eigenvalue weighted by molar-refractivity contribution is -0.142. The third-order valence-electron chi connectivity index (χ3n) is 1.81. The largest absolute Gasteiger partial charge is 0.469 e. The maximum absolute atomic E-state index is 10.8. The van der Waals surface area contributed by atoms with Gasteiger partial charge in [-0.15, -0.1) is 0 Å². The minimum atomic E-state index is -0.192. The number of rotatable bonds is 3. The molecule has 0 bridgehead atoms. The van der Waals surface area contributed by atoms with E-state index >= 15 is 0 Å². The van der Waals surface area contributed by atoms with E-state index in [1.807, 2.05) is 0 Å². The van der Waals surface area contributed by atoms with Crippen molar-refractivity contribution >= 4 is 5.97 Å². The lowest BCUT2D eigenvalue weighted by Gasteiger charge is -1.93. The van der Waals surface area contributed by atoms with Gasteiger partial charge < -0.3 is 4.74 Å². The van der Waals surface area contributed by atoms with Crippen LogP contribution in [0.25, 0.3) is 10.4 Å². The molecule has 0 amide bonds. The summed E-state index contributed by atoms with van der Waals surface area (Å²) < 4.78 is 4.51. The van der Waals surface area contributed by atoms with Gasteiger partial charge in [-0.2, -0.15) is 0 Å². The first-order chi connectivity index (χ1) is 5.29. The number of nitrogens with zero attached hydrogens (tertiary/aromatic N) is 3. The Bertz CT molecular complexity index is 210. The van der Waals surface area contributed by atoms with E-state index in [0.29, 0.717) is 6.54 Å². The van der Waals surface area contributed by atoms with Crippen molar-refractivity contribution in [3.05, 3.63) is 10.4 Å². The van der Waals surface area contributed by atoms with Gasteiger partial charge in [0, 0.05) is 11.5 Å². The Labute approximate surface area is 64.0 Å². The smallest absolute Gasteiger partial charge is 0.308 e. The Morgan fingerprint density at radius 3 is 3.18 bits per heavy atom. The molecule has 11 heavy (non-hydrogen) atoms. The van der Waals surface area contributed by atoms with Crippen molar-refractivity contribution in [2.45, 2.75) is 6.42 Å². The van der Waals surface area contributed by atoms with Crippen LogP contribution in [0, 0.1) is 11.8 Å². The molecule has 0 aromatic carbocycles. The van der Waals surface area contributed by atoms with E-state index in [9.17, 15) is 4.79 Å². The van der Waals surface area contributed by atoms with Crippen LogP contribution >= 0.6 is 0 Å². The maximum atomic E-state index is 10.8. The minimum Gasteiger partial charge on any atom is -0.469 e. The molecule has 0 aliphatic heterocycles. The van der Waals surface area contributed by atoms with Crippen LogP contribution in [0.3, 0.4) is 0 Å². The highest BCUT2D eigenvalue weighted by Gasteiger charge is 2.43. The molecule has 1 fully saturated rings. The fourth-order valence-electron chi connectivity index (χ4n) is 1.03. The molecule has 0 saturated heterocycles. The van der Waals surface area contributed by atoms with Crippen molar-refractivity contribution in [2.75, 3.05) is 13.7 Å². The average Bonchev–Trinajstić information content (AvgIpc) is 2.78. The van der Waals surface area contributed by atoms with Crippen molar-refractivity contribution in [1.82, 2.24) is 0 Å². The summed E-state index contributed by atoms with van der Waals surface area (Å²) in [6, 6.07) is 0. The van der Waals surface area contributed by atoms with Gasteiger partial charge in [0.15, 0.2) is 0 Å². The minimum absolute atomic E-state index is 0.0227. The Morgan fingerprint density at radius 2 is 2.64 bits per heavy atom. The van der Waals surface area contributed by atoms with Gasteiger partial charge in [-0.25, -0.2) is 0 Å². The SMILES string of the molecule is COC(=O)[C@@H]1C[C@H]1CN=[N+]=[N-]. The van der Waals surface area contributed by atoms with E-state index < -0.39 is 0 Å². The second-order valence-corrected chi connectivity index (χ2v) is 2.54. The van der Waals surface area contributed by atoms with E-state index in [2.05, 4.69) is 14.8 Å². The number of azide groups is 1. The summed E-state index contributed by atoms with van der Waals surface area (Å²) in [6.45, 7) is 0.413. The van der Waals surface area contributed by atoms with Crippen molar-refractivity contribution in [3.63, 3.8) is 0 Å². The Balaban J connectivity index is 2.26. The van der Waals surface area contributed by atoms with Gasteiger partial charge in [0.25, 0.3) is 0 Å². The zero-order chi connectivity index (χ0) is 8.27. The topological polar surface area (TPSA) is 75.1 Å². The van der Waals surface area contributed by atoms with Gasteiger partial charge in [0.2, 0.25) is 0 Å². The average molecular weight is 155 g/mol. The summed E-state index contributed by atoms with van der Waals surface area (Å²) in [4.78, 5) is 13.4. The van der Waals surface area contributed by atoms with E-state index in [1.165, 1.54) is 7.11 Å². The standard InChI is InChI=1S/C6H9N3O2/c1-11-6(10)5-2-4(5)3-8-9-7/h4-5H,2-3H2,1H3/t4-,5+/m0/s1. The highest BCUT2D eigenvalue weighted by Crippen LogP contribution is 2.39. The van der Waals surface area contributed by atoms with Crippen LogP contribution in [0.4, 0.5) is 0 Å². The third kappa shape index (κ3) is 1.85. The van der Waals surface area contributed by atoms with Crippen molar-refractivity contribution in [3.8, 4) is 0 Å². The van der Waals surface area contributed by atoms with E-state index in [4.69, 9.17) is 5.53 Å². The number of hydrogen-bond donors (Lipinski definition) is 0. The number of methoxy groups -OCH3 is 1. The van der Waals surface area contributed by atoms with Crippen molar-refractivity contribution < 1.29 is 9.53 Å². The molecule has 0 N–H and O–H groups in total. The first kappa shape index (κ1) is 7.88. The first-order valence-electron chi connectivity index (χ1n) is 3.38. The van der Waals surface area contributed by atoms with Gasteiger partial charge >= 0.3 is 5.97 Å². The fourth-order valence-corrected chi connectivity index (χ4v) is 1.03. The molecule has 1 rings (SSSR count). The quantitative estimate of drug-likeness (QED) is 0.265. The molecule has 0 aromatic heterocycles. The zero-order valence-corrected chi connectivity index (χ0v) is 6.23. The summed E-state index contributed by atoms with van der Waals surface area (Å²) in [7, 11) is 1.37. The van der Waals surface area contributed by atoms with E-state index in [0.717, 1.165) is 6.42 Å². The van der Waals surface area contributed by atoms with Gasteiger partial charge in [-0.3, -0.25) is 4.79 Å². The number of carbonyl (C=O) groups is 1. The molecule has 5 heteroatoms. The molecule has 1 aliphatic rings. The second kappa shape index (κ2) is 3.25. The predicted octanol–water partition coefficient (Wildman–Crippen LogP) is 1.11. The van der Waals surface area contributed by atoms with Gasteiger partial charge in [0.1, 0.15) is 0 Å². The van der Waals surface area contributed by atoms with E-state index in [-0.39, 0.29) is 17.8 Å². The molecular weight excluding hydrogens is 146 g/mol. The number of hydrogen-bond acceptors (Lipinski definition) is 3. The highest BCUT2D eigenvalue weighted by molar-refractivity contribution is 5.75. The van der Waals surface area contributed by atoms with E-state index in [1.54, 1.807) is 0 Å². The molecule has 0 aromatic rings. The zero-order valence-electron chi connectivity index (χ0n) is 6.23. The number of esters is 1. The first-order valence-corrected chi connectivity index (χ1v) is 3.38. The molecule has 5 nitrogen and oxygen atoms in total. The summed E-state index contributed by atoms with van der Waals surface area (Å²) in [5, 5.41) is 3.37. The van der Waals surface area contributed by atoms with Crippen molar-refractivity contribution in [1.29, 1.82) is 0 Å². The lowest BCUT2D eigenvalue weighted by atomic mass is 10.3. The summed E-state index contributed by atoms with van der Waals surface area (Å²) in [6.07, 6.45) is 0.797. The summed E-state index contributed by atoms with van der Waals surface area (Å²) >= 11 is 0. The molecule has 0 heterocycles. The Hall–Kier alpha value is -1.22. The lowest BCUT2D eigenvalue weighted by Crippen LogP contribution is -2.05. The van der Waals surface area contributed by atoms with Crippen molar-refractivity contribution in [2.24, 2.45) is 17.0 Å². The fraction of sp³-hybridized carbons (Fsp3) is 0.833. The van der Waals surface area contributed by atoms with Crippen LogP contribution < -0.4 is 0 Å². The molecule has 1 aliphatic carbocycles. The molecule has 0 radical (unpaired) electrons. The van der Waals surface area contributed by atoms with Crippen LogP contribution in [0.2, 0.25) is 0 Å². The second-order valence-electron chi connectivity index (χ2n) is 2.54. The molecule has 2 atom stereocenters. The summed E-state index contributed by atoms with van der Waals surface area (Å²) in [5.74, 6) is 0.00647. The van der Waals surface area contributed by atoms with Crippen LogP contribution in [0.15, 0.2) is 5.11 Å². The van der Waals surface area contributed by atoms with Crippen LogP contribution in [-0.4, -0.2) is 19.6 Å². The van der Waals surface area contributed by atoms with Crippen LogP contribution in [0.5, 0.6) is 0 Å². The summed E-state index contributed by atoms with van der Waals surface area (Å²) in [5.41, 5.74) is 7.97. The Kier molecular flexibility index (Phi) is 2.33. The van der Waals surface area contributed by atoms with Crippen LogP contribution in [0.1, 0.15) is 6.42 Å². The van der Waals surface area contributed by atoms with Gasteiger partial charge in [-0.1, -0.05) is 5.11 Å². The molecule has 0 unspecified atom stereocenters. The third-order valence-corrected chi connectivity index (χ3v) is 1.81. The molecule has 60 valence electrons. The molecule has 0 spiro atoms. The Morgan fingerprint density at radius 1 is 1.91 bits per heavy atom. The predicted molar refractivity (Wildman–Crippen MR) is 37.6 cm³/mol.